The van der Waals surface area contributed by atoms with E-state index >= 15 is 0 Å². The molecule has 1 aliphatic rings. The number of benzene rings is 1. The Balaban J connectivity index is 1.71. The Morgan fingerprint density at radius 3 is 2.73 bits per heavy atom. The molecular formula is C21H27NO4. The molecule has 1 atom stereocenters. The molecule has 0 saturated heterocycles. The number of rotatable bonds is 6. The Labute approximate surface area is 153 Å². The van der Waals surface area contributed by atoms with Crippen LogP contribution in [0.2, 0.25) is 0 Å². The Hall–Kier alpha value is -2.30. The second-order valence-electron chi connectivity index (χ2n) is 7.23. The van der Waals surface area contributed by atoms with Gasteiger partial charge in [-0.25, -0.2) is 4.79 Å². The zero-order chi connectivity index (χ0) is 18.7. The van der Waals surface area contributed by atoms with Gasteiger partial charge in [-0.2, -0.15) is 0 Å². The van der Waals surface area contributed by atoms with Crippen molar-refractivity contribution in [1.29, 1.82) is 0 Å². The summed E-state index contributed by atoms with van der Waals surface area (Å²) in [6, 6.07) is 6.91. The minimum atomic E-state index is -0.583. The molecule has 5 nitrogen and oxygen atoms in total. The molecule has 1 aromatic carbocycles. The Bertz CT molecular complexity index is 836. The fraction of sp³-hybridized carbons (Fsp3) is 0.524. The van der Waals surface area contributed by atoms with E-state index in [1.807, 2.05) is 26.1 Å². The van der Waals surface area contributed by atoms with E-state index in [0.29, 0.717) is 17.3 Å². The second kappa shape index (κ2) is 7.94. The van der Waals surface area contributed by atoms with Crippen LogP contribution in [-0.2, 0) is 11.2 Å². The molecule has 26 heavy (non-hydrogen) atoms. The van der Waals surface area contributed by atoms with Gasteiger partial charge in [0.15, 0.2) is 6.10 Å². The van der Waals surface area contributed by atoms with Crippen molar-refractivity contribution in [2.75, 3.05) is 13.6 Å². The summed E-state index contributed by atoms with van der Waals surface area (Å²) < 4.78 is 11.1. The van der Waals surface area contributed by atoms with Crippen LogP contribution in [0.3, 0.4) is 0 Å². The third kappa shape index (κ3) is 4.09. The number of fused-ring (bicyclic) bond motifs is 1. The first kappa shape index (κ1) is 18.5. The van der Waals surface area contributed by atoms with Crippen LogP contribution in [0.5, 0.6) is 5.75 Å². The molecule has 0 N–H and O–H groups in total. The summed E-state index contributed by atoms with van der Waals surface area (Å²) in [5.41, 5.74) is 1.07. The number of carbonyl (C=O) groups excluding carboxylic acids is 1. The lowest BCUT2D eigenvalue weighted by atomic mass is 10.1. The average Bonchev–Trinajstić information content (AvgIpc) is 3.12. The molecule has 1 aliphatic carbocycles. The van der Waals surface area contributed by atoms with Crippen molar-refractivity contribution in [1.82, 2.24) is 4.90 Å². The molecular weight excluding hydrogens is 330 g/mol. The minimum Gasteiger partial charge on any atom is -0.481 e. The van der Waals surface area contributed by atoms with Crippen LogP contribution in [0, 0.1) is 5.92 Å². The fourth-order valence-corrected chi connectivity index (χ4v) is 3.81. The number of amides is 1. The van der Waals surface area contributed by atoms with Crippen molar-refractivity contribution < 1.29 is 13.9 Å². The molecule has 0 aliphatic heterocycles. The number of aryl methyl sites for hydroxylation is 1. The third-order valence-corrected chi connectivity index (χ3v) is 5.23. The number of carbonyl (C=O) groups is 1. The molecule has 1 unspecified atom stereocenters. The number of ether oxygens (including phenoxy) is 1. The molecule has 0 spiro atoms. The van der Waals surface area contributed by atoms with Crippen LogP contribution in [0.1, 0.15) is 45.1 Å². The summed E-state index contributed by atoms with van der Waals surface area (Å²) in [5.74, 6) is 1.11. The van der Waals surface area contributed by atoms with Crippen LogP contribution in [0.4, 0.5) is 0 Å². The molecule has 1 saturated carbocycles. The first-order chi connectivity index (χ1) is 12.5. The van der Waals surface area contributed by atoms with E-state index in [9.17, 15) is 9.59 Å². The molecule has 0 radical (unpaired) electrons. The first-order valence-electron chi connectivity index (χ1n) is 9.46. The van der Waals surface area contributed by atoms with E-state index in [1.165, 1.54) is 31.7 Å². The standard InChI is InChI=1S/C21H27NO4/c1-4-16-11-20(23)26-19-12-17(9-10-18(16)19)25-14(2)21(24)22(3)13-15-7-5-6-8-15/h9-12,14-15H,4-8,13H2,1-3H3. The van der Waals surface area contributed by atoms with Gasteiger partial charge in [0.1, 0.15) is 11.3 Å². The molecule has 1 aromatic heterocycles. The molecule has 0 bridgehead atoms. The Kier molecular flexibility index (Phi) is 5.64. The van der Waals surface area contributed by atoms with Gasteiger partial charge in [0.25, 0.3) is 5.91 Å². The highest BCUT2D eigenvalue weighted by molar-refractivity contribution is 5.83. The molecule has 1 amide bonds. The summed E-state index contributed by atoms with van der Waals surface area (Å²) in [6.07, 6.45) is 5.11. The number of likely N-dealkylation sites (N-methyl/N-ethyl adjacent to an activating group) is 1. The van der Waals surface area contributed by atoms with Gasteiger partial charge in [-0.3, -0.25) is 4.79 Å². The van der Waals surface area contributed by atoms with Crippen LogP contribution in [-0.4, -0.2) is 30.5 Å². The van der Waals surface area contributed by atoms with E-state index < -0.39 is 6.10 Å². The molecule has 1 fully saturated rings. The maximum Gasteiger partial charge on any atom is 0.336 e. The summed E-state index contributed by atoms with van der Waals surface area (Å²) in [4.78, 5) is 26.0. The molecule has 140 valence electrons. The molecule has 5 heteroatoms. The largest absolute Gasteiger partial charge is 0.481 e. The van der Waals surface area contributed by atoms with Crippen molar-refractivity contribution >= 4 is 16.9 Å². The smallest absolute Gasteiger partial charge is 0.336 e. The van der Waals surface area contributed by atoms with Gasteiger partial charge < -0.3 is 14.1 Å². The summed E-state index contributed by atoms with van der Waals surface area (Å²) in [7, 11) is 1.84. The topological polar surface area (TPSA) is 59.8 Å². The highest BCUT2D eigenvalue weighted by atomic mass is 16.5. The van der Waals surface area contributed by atoms with Crippen molar-refractivity contribution in [2.24, 2.45) is 5.92 Å². The first-order valence-corrected chi connectivity index (χ1v) is 9.46. The maximum absolute atomic E-state index is 12.6. The number of hydrogen-bond acceptors (Lipinski definition) is 4. The molecule has 2 aromatic rings. The van der Waals surface area contributed by atoms with E-state index in [4.69, 9.17) is 9.15 Å². The maximum atomic E-state index is 12.6. The second-order valence-corrected chi connectivity index (χ2v) is 7.23. The van der Waals surface area contributed by atoms with E-state index in [2.05, 4.69) is 0 Å². The van der Waals surface area contributed by atoms with Gasteiger partial charge in [0.2, 0.25) is 0 Å². The minimum absolute atomic E-state index is 0.0271. The van der Waals surface area contributed by atoms with Gasteiger partial charge in [-0.15, -0.1) is 0 Å². The summed E-state index contributed by atoms with van der Waals surface area (Å²) in [6.45, 7) is 4.55. The fourth-order valence-electron chi connectivity index (χ4n) is 3.81. The normalized spacial score (nSPS) is 16.0. The Morgan fingerprint density at radius 1 is 1.31 bits per heavy atom. The molecule has 1 heterocycles. The van der Waals surface area contributed by atoms with Gasteiger partial charge in [0, 0.05) is 31.1 Å². The van der Waals surface area contributed by atoms with Gasteiger partial charge >= 0.3 is 5.63 Å². The zero-order valence-corrected chi connectivity index (χ0v) is 15.8. The highest BCUT2D eigenvalue weighted by Crippen LogP contribution is 2.26. The van der Waals surface area contributed by atoms with E-state index in [1.54, 1.807) is 17.9 Å². The number of hydrogen-bond donors (Lipinski definition) is 0. The monoisotopic (exact) mass is 357 g/mol. The lowest BCUT2D eigenvalue weighted by Crippen LogP contribution is -2.40. The van der Waals surface area contributed by atoms with Gasteiger partial charge in [-0.05, 0) is 49.8 Å². The van der Waals surface area contributed by atoms with Crippen LogP contribution >= 0.6 is 0 Å². The summed E-state index contributed by atoms with van der Waals surface area (Å²) in [5, 5.41) is 0.900. The van der Waals surface area contributed by atoms with Crippen molar-refractivity contribution in [3.8, 4) is 5.75 Å². The van der Waals surface area contributed by atoms with Crippen LogP contribution in [0.15, 0.2) is 33.5 Å². The van der Waals surface area contributed by atoms with Crippen LogP contribution < -0.4 is 10.4 Å². The van der Waals surface area contributed by atoms with Crippen molar-refractivity contribution in [2.45, 2.75) is 52.1 Å². The molecule has 3 rings (SSSR count). The quantitative estimate of drug-likeness (QED) is 0.739. The van der Waals surface area contributed by atoms with Gasteiger partial charge in [-0.1, -0.05) is 19.8 Å². The van der Waals surface area contributed by atoms with Gasteiger partial charge in [0.05, 0.1) is 0 Å². The summed E-state index contributed by atoms with van der Waals surface area (Å²) >= 11 is 0. The van der Waals surface area contributed by atoms with Crippen LogP contribution in [0.25, 0.3) is 11.0 Å². The lowest BCUT2D eigenvalue weighted by molar-refractivity contribution is -0.137. The Morgan fingerprint density at radius 2 is 2.04 bits per heavy atom. The third-order valence-electron chi connectivity index (χ3n) is 5.23. The van der Waals surface area contributed by atoms with E-state index in [-0.39, 0.29) is 11.5 Å². The van der Waals surface area contributed by atoms with Crippen molar-refractivity contribution in [3.63, 3.8) is 0 Å². The lowest BCUT2D eigenvalue weighted by Gasteiger charge is -2.24. The predicted octanol–water partition coefficient (Wildman–Crippen LogP) is 3.77. The van der Waals surface area contributed by atoms with E-state index in [0.717, 1.165) is 23.9 Å². The highest BCUT2D eigenvalue weighted by Gasteiger charge is 2.24. The van der Waals surface area contributed by atoms with Crippen molar-refractivity contribution in [3.05, 3.63) is 40.2 Å². The zero-order valence-electron chi connectivity index (χ0n) is 15.8. The SMILES string of the molecule is CCc1cc(=O)oc2cc(OC(C)C(=O)N(C)CC3CCCC3)ccc12. The number of nitrogens with zero attached hydrogens (tertiary/aromatic N) is 1. The predicted molar refractivity (Wildman–Crippen MR) is 102 cm³/mol. The average molecular weight is 357 g/mol.